The fourth-order valence-electron chi connectivity index (χ4n) is 5.37. The number of phenols is 2. The van der Waals surface area contributed by atoms with E-state index in [0.29, 0.717) is 0 Å². The Bertz CT molecular complexity index is 1350. The summed E-state index contributed by atoms with van der Waals surface area (Å²) in [6.45, 7) is 0.515. The van der Waals surface area contributed by atoms with Crippen molar-refractivity contribution in [3.05, 3.63) is 47.5 Å². The average Bonchev–Trinajstić information content (AvgIpc) is 3.01. The van der Waals surface area contributed by atoms with Gasteiger partial charge in [-0.05, 0) is 50.4 Å². The minimum absolute atomic E-state index is 0.157. The molecule has 16 nitrogen and oxygen atoms in total. The van der Waals surface area contributed by atoms with Crippen molar-refractivity contribution in [1.82, 2.24) is 5.32 Å². The number of hydrogen-bond acceptors (Lipinski definition) is 16. The largest absolute Gasteiger partial charge is 0.507 e. The lowest BCUT2D eigenvalue weighted by Gasteiger charge is -2.45. The van der Waals surface area contributed by atoms with Crippen molar-refractivity contribution in [2.75, 3.05) is 38.3 Å². The van der Waals surface area contributed by atoms with E-state index in [9.17, 15) is 40.2 Å². The number of likely N-dealkylation sites (N-methyl/N-ethyl adjacent to an activating group) is 1. The molecule has 0 saturated carbocycles. The summed E-state index contributed by atoms with van der Waals surface area (Å²) >= 11 is 0. The van der Waals surface area contributed by atoms with Gasteiger partial charge in [0, 0.05) is 23.3 Å². The van der Waals surface area contributed by atoms with Crippen LogP contribution in [-0.4, -0.2) is 125 Å². The number of aliphatic hydroxyl groups is 4. The first-order valence-corrected chi connectivity index (χ1v) is 14.2. The van der Waals surface area contributed by atoms with E-state index in [2.05, 4.69) is 5.32 Å². The number of hydrogen-bond donors (Lipinski definition) is 9. The van der Waals surface area contributed by atoms with Gasteiger partial charge in [0.25, 0.3) is 0 Å². The molecule has 0 amide bonds. The van der Waals surface area contributed by atoms with E-state index in [-0.39, 0.29) is 47.2 Å². The van der Waals surface area contributed by atoms with E-state index in [1.807, 2.05) is 0 Å². The third-order valence-electron chi connectivity index (χ3n) is 7.87. The quantitative estimate of drug-likeness (QED) is 0.0811. The number of nitrogens with one attached hydrogen (secondary N) is 1. The van der Waals surface area contributed by atoms with E-state index in [4.69, 9.17) is 35.2 Å². The topological polar surface area (TPSA) is 266 Å². The molecule has 4 unspecified atom stereocenters. The van der Waals surface area contributed by atoms with Crippen LogP contribution in [0.2, 0.25) is 0 Å². The highest BCUT2D eigenvalue weighted by molar-refractivity contribution is 5.94. The fraction of sp³-hybridized carbons (Fsp3) is 0.517. The van der Waals surface area contributed by atoms with Crippen molar-refractivity contribution in [3.8, 4) is 11.5 Å². The van der Waals surface area contributed by atoms with Crippen LogP contribution in [0.15, 0.2) is 36.4 Å². The molecular weight excluding hydrogens is 598 g/mol. The zero-order chi connectivity index (χ0) is 33.0. The maximum Gasteiger partial charge on any atom is 0.342 e. The number of benzene rings is 2. The molecule has 2 fully saturated rings. The number of carbonyl (C=O) groups is 2. The van der Waals surface area contributed by atoms with Gasteiger partial charge in [0.05, 0.1) is 18.8 Å². The predicted molar refractivity (Wildman–Crippen MR) is 155 cm³/mol. The number of anilines is 2. The minimum Gasteiger partial charge on any atom is -0.507 e. The number of nitrogens with two attached hydrogens (primary N) is 2. The molecule has 2 aromatic rings. The van der Waals surface area contributed by atoms with Gasteiger partial charge in [-0.1, -0.05) is 0 Å². The van der Waals surface area contributed by atoms with Crippen LogP contribution in [0.5, 0.6) is 11.5 Å². The Kier molecular flexibility index (Phi) is 11.1. The van der Waals surface area contributed by atoms with Crippen LogP contribution >= 0.6 is 0 Å². The lowest BCUT2D eigenvalue weighted by Crippen LogP contribution is -2.62. The summed E-state index contributed by atoms with van der Waals surface area (Å²) in [5, 5.41) is 65.6. The van der Waals surface area contributed by atoms with Crippen LogP contribution in [0.3, 0.4) is 0 Å². The molecule has 0 radical (unpaired) electrons. The van der Waals surface area contributed by atoms with Crippen LogP contribution in [-0.2, 0) is 23.7 Å². The van der Waals surface area contributed by atoms with Crippen LogP contribution < -0.4 is 16.8 Å². The second-order valence-corrected chi connectivity index (χ2v) is 10.9. The van der Waals surface area contributed by atoms with E-state index >= 15 is 0 Å². The molecule has 4 rings (SSSR count). The van der Waals surface area contributed by atoms with Crippen molar-refractivity contribution in [1.29, 1.82) is 0 Å². The Hall–Kier alpha value is -3.74. The van der Waals surface area contributed by atoms with Gasteiger partial charge in [-0.25, -0.2) is 9.59 Å². The molecule has 2 heterocycles. The standard InChI is InChI=1S/C29H39N3O13/c1-12-22(32-2)17(23(35)20(44-12)10-41-27(39)15-7-13(30)3-5-18(15)33)9-43-29-26(38)25(37)24(36)21(45-29)11-42-28(40)16-8-14(31)4-6-19(16)34/h3-8,12,17,20-26,29,32-38H,9-11,30-31H2,1-2H3/t12-,17-,20?,21?,22?,23-,24+,25+,26?,29+/m0/s1. The van der Waals surface area contributed by atoms with E-state index < -0.39 is 79.5 Å². The van der Waals surface area contributed by atoms with Gasteiger partial charge in [0.15, 0.2) is 6.29 Å². The van der Waals surface area contributed by atoms with Crippen LogP contribution in [0.25, 0.3) is 0 Å². The highest BCUT2D eigenvalue weighted by Crippen LogP contribution is 2.30. The van der Waals surface area contributed by atoms with Gasteiger partial charge in [-0.15, -0.1) is 0 Å². The van der Waals surface area contributed by atoms with Crippen LogP contribution in [0, 0.1) is 5.92 Å². The van der Waals surface area contributed by atoms with E-state index in [1.165, 1.54) is 36.4 Å². The van der Waals surface area contributed by atoms with Gasteiger partial charge in [-0.3, -0.25) is 0 Å². The first-order chi connectivity index (χ1) is 21.3. The third kappa shape index (κ3) is 7.74. The first-order valence-electron chi connectivity index (χ1n) is 14.2. The number of phenolic OH excluding ortho intramolecular Hbond substituents is 2. The number of nitrogen functional groups attached to an aromatic ring is 2. The number of rotatable bonds is 10. The molecular formula is C29H39N3O13. The molecule has 2 aromatic carbocycles. The molecule has 2 aliphatic rings. The number of aromatic hydroxyl groups is 2. The Morgan fingerprint density at radius 2 is 1.29 bits per heavy atom. The molecule has 10 atom stereocenters. The molecule has 11 N–H and O–H groups in total. The molecule has 2 saturated heterocycles. The van der Waals surface area contributed by atoms with Gasteiger partial charge < -0.3 is 71.1 Å². The summed E-state index contributed by atoms with van der Waals surface area (Å²) in [5.41, 5.74) is 11.4. The van der Waals surface area contributed by atoms with E-state index in [1.54, 1.807) is 14.0 Å². The second kappa shape index (κ2) is 14.6. The van der Waals surface area contributed by atoms with Crippen molar-refractivity contribution in [2.45, 2.75) is 62.0 Å². The molecule has 0 aromatic heterocycles. The zero-order valence-electron chi connectivity index (χ0n) is 24.6. The maximum atomic E-state index is 12.6. The average molecular weight is 638 g/mol. The van der Waals surface area contributed by atoms with Crippen LogP contribution in [0.4, 0.5) is 11.4 Å². The van der Waals surface area contributed by atoms with Crippen molar-refractivity contribution < 1.29 is 63.9 Å². The van der Waals surface area contributed by atoms with Crippen molar-refractivity contribution >= 4 is 23.3 Å². The number of ether oxygens (including phenoxy) is 5. The number of carbonyl (C=O) groups excluding carboxylic acids is 2. The lowest BCUT2D eigenvalue weighted by atomic mass is 9.85. The highest BCUT2D eigenvalue weighted by atomic mass is 16.7. The molecule has 16 heteroatoms. The summed E-state index contributed by atoms with van der Waals surface area (Å²) in [6.07, 6.45) is -10.8. The number of aliphatic hydroxyl groups excluding tert-OH is 4. The monoisotopic (exact) mass is 637 g/mol. The SMILES string of the molecule is CNC1[C@H](C)OC(COC(=O)c2cc(N)ccc2O)[C@@H](O)[C@H]1CO[C@@H]1OC(COC(=O)c2cc(N)ccc2O)[C@@H](O)[C@@H](O)C1O. The maximum absolute atomic E-state index is 12.6. The summed E-state index contributed by atoms with van der Waals surface area (Å²) in [4.78, 5) is 25.1. The first kappa shape index (κ1) is 34.1. The number of esters is 2. The van der Waals surface area contributed by atoms with Gasteiger partial charge >= 0.3 is 11.9 Å². The van der Waals surface area contributed by atoms with Crippen molar-refractivity contribution in [3.63, 3.8) is 0 Å². The van der Waals surface area contributed by atoms with Gasteiger partial charge in [-0.2, -0.15) is 0 Å². The molecule has 248 valence electrons. The summed E-state index contributed by atoms with van der Waals surface area (Å²) in [6, 6.07) is 7.24. The predicted octanol–water partition coefficient (Wildman–Crippen LogP) is -1.55. The summed E-state index contributed by atoms with van der Waals surface area (Å²) < 4.78 is 27.7. The summed E-state index contributed by atoms with van der Waals surface area (Å²) in [5.74, 6) is -3.28. The molecule has 2 aliphatic heterocycles. The van der Waals surface area contributed by atoms with E-state index in [0.717, 1.165) is 0 Å². The second-order valence-electron chi connectivity index (χ2n) is 10.9. The Labute approximate surface area is 258 Å². The Balaban J connectivity index is 1.39. The highest BCUT2D eigenvalue weighted by Gasteiger charge is 2.47. The van der Waals surface area contributed by atoms with Crippen LogP contribution in [0.1, 0.15) is 27.6 Å². The molecule has 0 spiro atoms. The summed E-state index contributed by atoms with van der Waals surface area (Å²) in [7, 11) is 1.64. The van der Waals surface area contributed by atoms with Gasteiger partial charge in [0.2, 0.25) is 0 Å². The Morgan fingerprint density at radius 3 is 1.80 bits per heavy atom. The molecule has 45 heavy (non-hydrogen) atoms. The Morgan fingerprint density at radius 1 is 0.778 bits per heavy atom. The minimum atomic E-state index is -1.75. The lowest BCUT2D eigenvalue weighted by molar-refractivity contribution is -0.307. The third-order valence-corrected chi connectivity index (χ3v) is 7.87. The smallest absolute Gasteiger partial charge is 0.342 e. The molecule has 0 aliphatic carbocycles. The normalized spacial score (nSPS) is 31.7. The van der Waals surface area contributed by atoms with Crippen molar-refractivity contribution in [2.24, 2.45) is 5.92 Å². The van der Waals surface area contributed by atoms with Gasteiger partial charge in [0.1, 0.15) is 66.4 Å². The zero-order valence-corrected chi connectivity index (χ0v) is 24.6. The fourth-order valence-corrected chi connectivity index (χ4v) is 5.37. The molecule has 0 bridgehead atoms.